The lowest BCUT2D eigenvalue weighted by molar-refractivity contribution is -0.124. The van der Waals surface area contributed by atoms with E-state index < -0.39 is 52.9 Å². The minimum atomic E-state index is -3.83. The molecule has 2 saturated heterocycles. The van der Waals surface area contributed by atoms with Gasteiger partial charge in [0.05, 0.1) is 32.1 Å². The normalized spacial score (nSPS) is 19.4. The summed E-state index contributed by atoms with van der Waals surface area (Å²) in [7, 11) is -7.87. The zero-order valence-electron chi connectivity index (χ0n) is 68.7. The molecule has 9 aromatic rings. The van der Waals surface area contributed by atoms with Gasteiger partial charge in [-0.3, -0.25) is 28.8 Å². The minimum absolute atomic E-state index is 0.00375. The van der Waals surface area contributed by atoms with Gasteiger partial charge >= 0.3 is 0 Å². The van der Waals surface area contributed by atoms with E-state index in [9.17, 15) is 54.0 Å². The first-order chi connectivity index (χ1) is 57.2. The van der Waals surface area contributed by atoms with Crippen molar-refractivity contribution >= 4 is 137 Å². The Bertz CT molecular complexity index is 5870. The number of ketones is 3. The summed E-state index contributed by atoms with van der Waals surface area (Å²) in [5, 5.41) is 6.50. The zero-order valence-corrected chi connectivity index (χ0v) is 72.8. The molecule has 17 rings (SSSR count). The smallest absolute Gasteiger partial charge is 0.258 e. The molecule has 3 fully saturated rings. The summed E-state index contributed by atoms with van der Waals surface area (Å²) in [4.78, 5) is 86.3. The van der Waals surface area contributed by atoms with E-state index in [-0.39, 0.29) is 77.9 Å². The van der Waals surface area contributed by atoms with E-state index in [1.807, 2.05) is 131 Å². The lowest BCUT2D eigenvalue weighted by Gasteiger charge is -2.32. The summed E-state index contributed by atoms with van der Waals surface area (Å²) in [6.45, 7) is 14.5. The summed E-state index contributed by atoms with van der Waals surface area (Å²) in [5.74, 6) is 1.42. The van der Waals surface area contributed by atoms with Crippen molar-refractivity contribution in [3.05, 3.63) is 182 Å². The predicted octanol–water partition coefficient (Wildman–Crippen LogP) is 15.3. The summed E-state index contributed by atoms with van der Waals surface area (Å²) in [5.41, 5.74) is 10.1. The Hall–Kier alpha value is -8.90. The lowest BCUT2D eigenvalue weighted by atomic mass is 9.83. The van der Waals surface area contributed by atoms with Crippen molar-refractivity contribution in [1.29, 1.82) is 0 Å². The van der Waals surface area contributed by atoms with Gasteiger partial charge in [0.1, 0.15) is 46.1 Å². The first kappa shape index (κ1) is 85.1. The van der Waals surface area contributed by atoms with Crippen molar-refractivity contribution in [2.75, 3.05) is 113 Å². The number of anilines is 3. The number of amides is 3. The topological polar surface area (TPSA) is 267 Å². The van der Waals surface area contributed by atoms with E-state index in [1.54, 1.807) is 59.4 Å². The number of sulfone groups is 1. The molecule has 628 valence electrons. The summed E-state index contributed by atoms with van der Waals surface area (Å²) >= 11 is 2.99. The van der Waals surface area contributed by atoms with Crippen LogP contribution in [0.4, 0.5) is 17.1 Å². The molecule has 27 heteroatoms. The standard InChI is InChI=1S/C35H42N2O6S.C30H32N2O7S.C27H29NO4S3/c1-21-22(2)33(23(3)28-19-35(4,5)43-32(21)28)44(40,41)36-15-8-10-25(20-36)30(38)18-24-13-14-29-31-26(24)11-7-12-27(31)34(39)37(29)16-9-17-42-6;1-37-14-4-13-32-25-10-8-20(23-6-2-7-24(29(23)25)30(32)34)17-26(33)21-5-3-12-31(19-21)40(35,36)22-9-11-27-28(18-22)39-16-15-38-27;1-33-15-6-14-28-22-13-12-18(19-8-4-9-21(26(19)22)27(28)30)17-23(29)20-7-2-3-10-24(20)35(31,32)25-11-5-16-34-25/h7,11-14,25H,8-10,15-20H2,1-6H3;2,6-11,18,21H,3-5,12-17,19H2,1H3;4-5,8-9,11-13,16,20,24H,2-3,6-7,10,14-15,17H2,1H3. The minimum Gasteiger partial charge on any atom is -0.487 e. The highest BCUT2D eigenvalue weighted by atomic mass is 32.2. The quantitative estimate of drug-likeness (QED) is 0.0433. The van der Waals surface area contributed by atoms with E-state index in [2.05, 4.69) is 6.26 Å². The second-order valence-corrected chi connectivity index (χ2v) is 41.1. The fourth-order valence-corrected chi connectivity index (χ4v) is 26.2. The van der Waals surface area contributed by atoms with Crippen molar-refractivity contribution in [2.24, 2.45) is 17.8 Å². The molecule has 4 atom stereocenters. The zero-order chi connectivity index (χ0) is 84.0. The van der Waals surface area contributed by atoms with E-state index in [4.69, 9.17) is 23.7 Å². The average Bonchev–Trinajstić information content (AvgIpc) is 1.65. The maximum Gasteiger partial charge on any atom is 0.258 e. The number of carbonyl (C=O) groups excluding carboxylic acids is 6. The van der Waals surface area contributed by atoms with Crippen LogP contribution in [0.1, 0.15) is 154 Å². The fraction of sp³-hybridized carbons (Fsp3) is 0.435. The Balaban J connectivity index is 0.000000140. The Kier molecular flexibility index (Phi) is 25.2. The first-order valence-electron chi connectivity index (χ1n) is 41.3. The number of rotatable bonds is 27. The molecule has 0 N–H and O–H groups in total. The molecule has 1 saturated carbocycles. The molecule has 22 nitrogen and oxygen atoms in total. The molecule has 8 heterocycles. The fourth-order valence-electron chi connectivity index (χ4n) is 18.9. The van der Waals surface area contributed by atoms with Crippen LogP contribution in [0, 0.1) is 38.5 Å². The lowest BCUT2D eigenvalue weighted by Crippen LogP contribution is -2.43. The van der Waals surface area contributed by atoms with Crippen molar-refractivity contribution < 1.29 is 77.7 Å². The van der Waals surface area contributed by atoms with Gasteiger partial charge in [0.25, 0.3) is 17.7 Å². The molecular weight excluding hydrogens is 1610 g/mol. The van der Waals surface area contributed by atoms with Gasteiger partial charge in [0.15, 0.2) is 21.3 Å². The maximum atomic E-state index is 14.2. The number of hydrogen-bond donors (Lipinski definition) is 0. The third-order valence-electron chi connectivity index (χ3n) is 24.9. The summed E-state index contributed by atoms with van der Waals surface area (Å²) < 4.78 is 113. The Morgan fingerprint density at radius 1 is 0.538 bits per heavy atom. The van der Waals surface area contributed by atoms with Gasteiger partial charge in [0.2, 0.25) is 20.0 Å². The number of Topliss-reactive ketones (excluding diaryl/α,β-unsaturated/α-hetero) is 3. The highest BCUT2D eigenvalue weighted by Gasteiger charge is 2.44. The third kappa shape index (κ3) is 16.5. The average molecular weight is 1710 g/mol. The predicted molar refractivity (Wildman–Crippen MR) is 466 cm³/mol. The van der Waals surface area contributed by atoms with Gasteiger partial charge in [-0.05, 0) is 214 Å². The number of benzene rings is 8. The van der Waals surface area contributed by atoms with Crippen LogP contribution < -0.4 is 28.9 Å². The number of fused-ring (bicyclic) bond motifs is 2. The molecule has 7 aliphatic heterocycles. The number of sulfonamides is 2. The van der Waals surface area contributed by atoms with Gasteiger partial charge < -0.3 is 38.4 Å². The molecule has 8 aromatic carbocycles. The number of hydrogen-bond acceptors (Lipinski definition) is 19. The van der Waals surface area contributed by atoms with Crippen molar-refractivity contribution in [3.63, 3.8) is 0 Å². The van der Waals surface area contributed by atoms with E-state index >= 15 is 0 Å². The van der Waals surface area contributed by atoms with Gasteiger partial charge in [-0.25, -0.2) is 25.3 Å². The highest BCUT2D eigenvalue weighted by Crippen LogP contribution is 2.48. The van der Waals surface area contributed by atoms with Crippen LogP contribution in [0.5, 0.6) is 17.2 Å². The molecular formula is C92H103N5O17S5. The number of methoxy groups -OCH3 is 2. The van der Waals surface area contributed by atoms with Gasteiger partial charge in [-0.15, -0.1) is 11.3 Å². The van der Waals surface area contributed by atoms with Crippen LogP contribution in [0.2, 0.25) is 0 Å². The summed E-state index contributed by atoms with van der Waals surface area (Å²) in [6, 6.07) is 36.7. The van der Waals surface area contributed by atoms with Crippen LogP contribution in [0.15, 0.2) is 141 Å². The number of ether oxygens (including phenoxy) is 5. The molecule has 1 aromatic heterocycles. The van der Waals surface area contributed by atoms with E-state index in [1.165, 1.54) is 32.1 Å². The number of nitrogens with zero attached hydrogens (tertiary/aromatic N) is 5. The van der Waals surface area contributed by atoms with Gasteiger partial charge in [-0.2, -0.15) is 20.4 Å². The number of piperidine rings is 2. The SMILES string of the molecule is COCCCN1C(=O)c2cccc3c(CC(=O)C4CCCN(S(=O)(=O)c5c(C)c(C)c6c(c5C)CC(C)(C)O6)C4)ccc1c23.COCCCN1C(=O)c2cccc3c(CC(=O)C4CCCN(S(=O)(=O)c5ccc6c(c5)OCCO6)C4)ccc1c23.CSCCCN1C(=O)c2cccc3c(CC(=O)C4CCCCC4S(=O)(=O)c4cccs4)ccc1c23. The Morgan fingerprint density at radius 2 is 1.03 bits per heavy atom. The van der Waals surface area contributed by atoms with Gasteiger partial charge in [0, 0.05) is 161 Å². The van der Waals surface area contributed by atoms with Crippen LogP contribution >= 0.6 is 23.1 Å². The Morgan fingerprint density at radius 3 is 1.52 bits per heavy atom. The van der Waals surface area contributed by atoms with Crippen molar-refractivity contribution in [3.8, 4) is 17.2 Å². The molecule has 8 aliphatic rings. The van der Waals surface area contributed by atoms with Crippen LogP contribution in [0.25, 0.3) is 32.3 Å². The molecule has 119 heavy (non-hydrogen) atoms. The summed E-state index contributed by atoms with van der Waals surface area (Å²) in [6.07, 6.45) is 11.0. The largest absolute Gasteiger partial charge is 0.487 e. The van der Waals surface area contributed by atoms with E-state index in [0.29, 0.717) is 147 Å². The second-order valence-electron chi connectivity index (χ2n) is 32.9. The maximum absolute atomic E-state index is 14.2. The molecule has 1 aliphatic carbocycles. The van der Waals surface area contributed by atoms with Crippen LogP contribution in [0.3, 0.4) is 0 Å². The number of thiophene rings is 1. The number of carbonyl (C=O) groups is 6. The monoisotopic (exact) mass is 1710 g/mol. The Labute approximate surface area is 705 Å². The van der Waals surface area contributed by atoms with Crippen LogP contribution in [-0.4, -0.2) is 178 Å². The molecule has 3 amide bonds. The van der Waals surface area contributed by atoms with Crippen molar-refractivity contribution in [2.45, 2.75) is 156 Å². The molecule has 0 spiro atoms. The number of thioether (sulfide) groups is 1. The third-order valence-corrected chi connectivity index (χ3v) is 33.3. The van der Waals surface area contributed by atoms with Crippen molar-refractivity contribution in [1.82, 2.24) is 8.61 Å². The van der Waals surface area contributed by atoms with E-state index in [0.717, 1.165) is 126 Å². The molecule has 0 bridgehead atoms. The highest BCUT2D eigenvalue weighted by molar-refractivity contribution is 7.98. The molecule has 0 radical (unpaired) electrons. The first-order valence-corrected chi connectivity index (χ1v) is 48.0. The molecule has 4 unspecified atom stereocenters. The van der Waals surface area contributed by atoms with Gasteiger partial charge in [-0.1, -0.05) is 73.5 Å². The second kappa shape index (κ2) is 35.3. The van der Waals surface area contributed by atoms with Crippen LogP contribution in [-0.2, 0) is 79.4 Å².